The molecule has 0 saturated heterocycles. The average Bonchev–Trinajstić information content (AvgIpc) is 2.54. The van der Waals surface area contributed by atoms with Crippen LogP contribution in [0.4, 0.5) is 13.2 Å². The lowest BCUT2D eigenvalue weighted by molar-refractivity contribution is -0.138. The Morgan fingerprint density at radius 1 is 1.17 bits per heavy atom. The Bertz CT molecular complexity index is 694. The number of hydrogen-bond donors (Lipinski definition) is 1. The minimum absolute atomic E-state index is 0.111. The van der Waals surface area contributed by atoms with Crippen LogP contribution in [-0.4, -0.2) is 17.9 Å². The van der Waals surface area contributed by atoms with Crippen molar-refractivity contribution in [2.24, 2.45) is 0 Å². The first-order valence-corrected chi connectivity index (χ1v) is 7.21. The third kappa shape index (κ3) is 4.09. The van der Waals surface area contributed by atoms with Crippen molar-refractivity contribution in [1.29, 1.82) is 0 Å². The fourth-order valence-corrected chi connectivity index (χ4v) is 2.27. The first-order valence-electron chi connectivity index (χ1n) is 7.21. The van der Waals surface area contributed by atoms with E-state index in [-0.39, 0.29) is 23.6 Å². The molecule has 1 N–H and O–H groups in total. The van der Waals surface area contributed by atoms with Crippen LogP contribution in [0.2, 0.25) is 0 Å². The molecule has 3 nitrogen and oxygen atoms in total. The van der Waals surface area contributed by atoms with Crippen molar-refractivity contribution < 1.29 is 18.0 Å². The molecule has 122 valence electrons. The van der Waals surface area contributed by atoms with Crippen molar-refractivity contribution in [1.82, 2.24) is 10.3 Å². The predicted molar refractivity (Wildman–Crippen MR) is 81.3 cm³/mol. The third-order valence-electron chi connectivity index (χ3n) is 3.57. The molecule has 1 heterocycles. The summed E-state index contributed by atoms with van der Waals surface area (Å²) in [5.41, 5.74) is 1.08. The van der Waals surface area contributed by atoms with E-state index in [0.717, 1.165) is 0 Å². The summed E-state index contributed by atoms with van der Waals surface area (Å²) in [4.78, 5) is 15.4. The quantitative estimate of drug-likeness (QED) is 0.934. The molecule has 0 saturated carbocycles. The highest BCUT2D eigenvalue weighted by atomic mass is 19.4. The summed E-state index contributed by atoms with van der Waals surface area (Å²) in [6.07, 6.45) is -2.31. The maximum Gasteiger partial charge on any atom is 0.416 e. The van der Waals surface area contributed by atoms with E-state index >= 15 is 0 Å². The van der Waals surface area contributed by atoms with Gasteiger partial charge in [-0.05, 0) is 41.7 Å². The van der Waals surface area contributed by atoms with Gasteiger partial charge in [0.25, 0.3) is 5.91 Å². The maximum absolute atomic E-state index is 13.2. The molecule has 0 aliphatic carbocycles. The number of hydrogen-bond acceptors (Lipinski definition) is 2. The molecule has 0 spiro atoms. The molecular weight excluding hydrogens is 305 g/mol. The zero-order valence-corrected chi connectivity index (χ0v) is 12.9. The molecule has 23 heavy (non-hydrogen) atoms. The van der Waals surface area contributed by atoms with Crippen molar-refractivity contribution in [2.75, 3.05) is 7.05 Å². The van der Waals surface area contributed by atoms with Gasteiger partial charge in [0, 0.05) is 13.2 Å². The Hall–Kier alpha value is -2.37. The minimum atomic E-state index is -4.39. The minimum Gasteiger partial charge on any atom is -0.354 e. The maximum atomic E-state index is 13.2. The van der Waals surface area contributed by atoms with Crippen LogP contribution in [-0.2, 0) is 19.0 Å². The number of halogens is 3. The molecule has 1 aromatic carbocycles. The summed E-state index contributed by atoms with van der Waals surface area (Å²) in [6, 6.07) is 7.53. The van der Waals surface area contributed by atoms with Crippen molar-refractivity contribution in [3.8, 4) is 0 Å². The number of rotatable bonds is 4. The van der Waals surface area contributed by atoms with Gasteiger partial charge in [-0.15, -0.1) is 0 Å². The number of nitrogens with one attached hydrogen (secondary N) is 1. The number of nitrogens with zero attached hydrogens (tertiary/aromatic N) is 1. The summed E-state index contributed by atoms with van der Waals surface area (Å²) in [7, 11) is 1.49. The largest absolute Gasteiger partial charge is 0.416 e. The van der Waals surface area contributed by atoms with Gasteiger partial charge in [-0.25, -0.2) is 0 Å². The van der Waals surface area contributed by atoms with Crippen LogP contribution in [0.3, 0.4) is 0 Å². The number of pyridine rings is 1. The number of alkyl halides is 3. The summed E-state index contributed by atoms with van der Waals surface area (Å²) < 4.78 is 39.6. The first-order chi connectivity index (χ1) is 10.8. The molecule has 0 aliphatic heterocycles. The second kappa shape index (κ2) is 6.81. The van der Waals surface area contributed by atoms with Crippen LogP contribution in [0.5, 0.6) is 0 Å². The van der Waals surface area contributed by atoms with Gasteiger partial charge in [0.2, 0.25) is 0 Å². The number of benzene rings is 1. The zero-order chi connectivity index (χ0) is 17.0. The molecule has 1 amide bonds. The Morgan fingerprint density at radius 2 is 1.87 bits per heavy atom. The Morgan fingerprint density at radius 3 is 2.39 bits per heavy atom. The first kappa shape index (κ1) is 17.0. The molecule has 0 radical (unpaired) electrons. The normalized spacial score (nSPS) is 11.3. The summed E-state index contributed by atoms with van der Waals surface area (Å²) in [5, 5.41) is 2.44. The van der Waals surface area contributed by atoms with Gasteiger partial charge >= 0.3 is 6.18 Å². The van der Waals surface area contributed by atoms with Gasteiger partial charge in [0.05, 0.1) is 5.56 Å². The topological polar surface area (TPSA) is 42.0 Å². The number of amides is 1. The SMILES string of the molecule is CCc1ccc(Cc2ccc(C(=O)NC)nc2)c(C(F)(F)F)c1. The van der Waals surface area contributed by atoms with E-state index < -0.39 is 11.7 Å². The lowest BCUT2D eigenvalue weighted by Gasteiger charge is -2.14. The van der Waals surface area contributed by atoms with Gasteiger partial charge in [-0.2, -0.15) is 13.2 Å². The predicted octanol–water partition coefficient (Wildman–Crippen LogP) is 3.61. The molecule has 1 aromatic heterocycles. The van der Waals surface area contributed by atoms with E-state index in [1.807, 2.05) is 6.92 Å². The second-order valence-corrected chi connectivity index (χ2v) is 5.15. The van der Waals surface area contributed by atoms with E-state index in [9.17, 15) is 18.0 Å². The number of carbonyl (C=O) groups is 1. The zero-order valence-electron chi connectivity index (χ0n) is 12.9. The highest BCUT2D eigenvalue weighted by molar-refractivity contribution is 5.91. The summed E-state index contributed by atoms with van der Waals surface area (Å²) in [5.74, 6) is -0.333. The van der Waals surface area contributed by atoms with Gasteiger partial charge < -0.3 is 5.32 Å². The van der Waals surface area contributed by atoms with Crippen LogP contribution in [0, 0.1) is 0 Å². The van der Waals surface area contributed by atoms with E-state index in [4.69, 9.17) is 0 Å². The van der Waals surface area contributed by atoms with Crippen LogP contribution in [0.1, 0.15) is 39.7 Å². The molecule has 0 fully saturated rings. The number of aromatic nitrogens is 1. The fourth-order valence-electron chi connectivity index (χ4n) is 2.27. The number of carbonyl (C=O) groups excluding carboxylic acids is 1. The lowest BCUT2D eigenvalue weighted by Crippen LogP contribution is -2.19. The fraction of sp³-hybridized carbons (Fsp3) is 0.294. The van der Waals surface area contributed by atoms with Crippen molar-refractivity contribution >= 4 is 5.91 Å². The highest BCUT2D eigenvalue weighted by Gasteiger charge is 2.33. The molecular formula is C17H17F3N2O. The van der Waals surface area contributed by atoms with Crippen LogP contribution in [0.15, 0.2) is 36.5 Å². The summed E-state index contributed by atoms with van der Waals surface area (Å²) >= 11 is 0. The van der Waals surface area contributed by atoms with Crippen molar-refractivity contribution in [3.05, 3.63) is 64.5 Å². The van der Waals surface area contributed by atoms with Gasteiger partial charge in [-0.1, -0.05) is 25.1 Å². The van der Waals surface area contributed by atoms with Gasteiger partial charge in [-0.3, -0.25) is 9.78 Å². The van der Waals surface area contributed by atoms with E-state index in [2.05, 4.69) is 10.3 Å². The molecule has 0 bridgehead atoms. The molecule has 0 aliphatic rings. The molecule has 0 atom stereocenters. The van der Waals surface area contributed by atoms with E-state index in [0.29, 0.717) is 17.5 Å². The van der Waals surface area contributed by atoms with Crippen LogP contribution >= 0.6 is 0 Å². The van der Waals surface area contributed by atoms with Crippen LogP contribution in [0.25, 0.3) is 0 Å². The lowest BCUT2D eigenvalue weighted by atomic mass is 9.97. The second-order valence-electron chi connectivity index (χ2n) is 5.15. The summed E-state index contributed by atoms with van der Waals surface area (Å²) in [6.45, 7) is 1.82. The average molecular weight is 322 g/mol. The Kier molecular flexibility index (Phi) is 5.03. The van der Waals surface area contributed by atoms with Crippen LogP contribution < -0.4 is 5.32 Å². The molecule has 0 unspecified atom stereocenters. The Balaban J connectivity index is 2.31. The molecule has 2 aromatic rings. The highest BCUT2D eigenvalue weighted by Crippen LogP contribution is 2.33. The smallest absolute Gasteiger partial charge is 0.354 e. The standard InChI is InChI=1S/C17H17F3N2O/c1-3-11-4-6-13(14(9-11)17(18,19)20)8-12-5-7-15(22-10-12)16(23)21-2/h4-7,9-10H,3,8H2,1-2H3,(H,21,23). The van der Waals surface area contributed by atoms with Crippen molar-refractivity contribution in [2.45, 2.75) is 25.9 Å². The van der Waals surface area contributed by atoms with Gasteiger partial charge in [0.15, 0.2) is 0 Å². The van der Waals surface area contributed by atoms with Gasteiger partial charge in [0.1, 0.15) is 5.69 Å². The third-order valence-corrected chi connectivity index (χ3v) is 3.57. The Labute approximate surface area is 132 Å². The molecule has 6 heteroatoms. The van der Waals surface area contributed by atoms with E-state index in [1.54, 1.807) is 12.1 Å². The molecule has 2 rings (SSSR count). The van der Waals surface area contributed by atoms with E-state index in [1.165, 1.54) is 31.4 Å². The number of aryl methyl sites for hydroxylation is 1. The monoisotopic (exact) mass is 322 g/mol. The van der Waals surface area contributed by atoms with Crippen molar-refractivity contribution in [3.63, 3.8) is 0 Å².